The highest BCUT2D eigenvalue weighted by Gasteiger charge is 2.09. The number of hydrogen-bond donors (Lipinski definition) is 1. The van der Waals surface area contributed by atoms with Gasteiger partial charge in [-0.1, -0.05) is 42.2 Å². The second-order valence-electron chi connectivity index (χ2n) is 4.66. The van der Waals surface area contributed by atoms with E-state index in [0.29, 0.717) is 0 Å². The smallest absolute Gasteiger partial charge is 0.132 e. The van der Waals surface area contributed by atoms with Crippen molar-refractivity contribution in [2.75, 3.05) is 0 Å². The Kier molecular flexibility index (Phi) is 4.70. The summed E-state index contributed by atoms with van der Waals surface area (Å²) in [6, 6.07) is 17.1. The summed E-state index contributed by atoms with van der Waals surface area (Å²) < 4.78 is 0. The van der Waals surface area contributed by atoms with Crippen LogP contribution in [0.25, 0.3) is 0 Å². The Morgan fingerprint density at radius 1 is 1.00 bits per heavy atom. The van der Waals surface area contributed by atoms with Crippen LogP contribution in [0.2, 0.25) is 0 Å². The van der Waals surface area contributed by atoms with Crippen LogP contribution in [0.4, 0.5) is 0 Å². The maximum Gasteiger partial charge on any atom is 0.132 e. The Balaban J connectivity index is 2.09. The number of benzene rings is 2. The fourth-order valence-electron chi connectivity index (χ4n) is 1.84. The largest absolute Gasteiger partial charge is 0.388 e. The Morgan fingerprint density at radius 3 is 2.10 bits per heavy atom. The highest BCUT2D eigenvalue weighted by atomic mass is 16.3. The van der Waals surface area contributed by atoms with Crippen LogP contribution in [-0.2, 0) is 4.79 Å². The van der Waals surface area contributed by atoms with E-state index >= 15 is 0 Å². The summed E-state index contributed by atoms with van der Waals surface area (Å²) in [5.74, 6) is 6.12. The molecule has 2 aromatic rings. The Morgan fingerprint density at radius 2 is 1.55 bits per heavy atom. The number of aliphatic hydroxyl groups is 1. The van der Waals surface area contributed by atoms with E-state index in [9.17, 15) is 9.90 Å². The van der Waals surface area contributed by atoms with Gasteiger partial charge in [0, 0.05) is 17.5 Å². The first-order valence-electron chi connectivity index (χ1n) is 6.49. The zero-order valence-corrected chi connectivity index (χ0v) is 11.3. The molecule has 2 rings (SSSR count). The SMILES string of the molecule is CC(=O)CC(O)c1ccc(C#Cc2ccccc2)cc1. The molecule has 2 nitrogen and oxygen atoms in total. The third-order valence-electron chi connectivity index (χ3n) is 2.90. The van der Waals surface area contributed by atoms with Gasteiger partial charge in [-0.3, -0.25) is 4.79 Å². The number of carbonyl (C=O) groups is 1. The number of Topliss-reactive ketones (excluding diaryl/α,β-unsaturated/α-hetero) is 1. The van der Waals surface area contributed by atoms with Crippen LogP contribution >= 0.6 is 0 Å². The molecule has 0 fully saturated rings. The average Bonchev–Trinajstić information content (AvgIpc) is 2.46. The number of ketones is 1. The fourth-order valence-corrected chi connectivity index (χ4v) is 1.84. The van der Waals surface area contributed by atoms with Crippen LogP contribution in [-0.4, -0.2) is 10.9 Å². The van der Waals surface area contributed by atoms with Gasteiger partial charge >= 0.3 is 0 Å². The zero-order chi connectivity index (χ0) is 14.4. The van der Waals surface area contributed by atoms with Gasteiger partial charge in [0.1, 0.15) is 5.78 Å². The molecule has 0 aromatic heterocycles. The predicted molar refractivity (Wildman–Crippen MR) is 79.1 cm³/mol. The lowest BCUT2D eigenvalue weighted by Crippen LogP contribution is -2.02. The summed E-state index contributed by atoms with van der Waals surface area (Å²) >= 11 is 0. The summed E-state index contributed by atoms with van der Waals surface area (Å²) in [7, 11) is 0. The molecule has 0 saturated carbocycles. The van der Waals surface area contributed by atoms with E-state index in [1.807, 2.05) is 54.6 Å². The minimum absolute atomic E-state index is 0.0227. The quantitative estimate of drug-likeness (QED) is 0.865. The van der Waals surface area contributed by atoms with Crippen LogP contribution in [0.1, 0.15) is 36.1 Å². The molecule has 1 N–H and O–H groups in total. The van der Waals surface area contributed by atoms with Gasteiger partial charge in [-0.05, 0) is 36.8 Å². The first kappa shape index (κ1) is 14.0. The minimum atomic E-state index is -0.733. The molecule has 0 saturated heterocycles. The summed E-state index contributed by atoms with van der Waals surface area (Å²) in [6.45, 7) is 1.48. The van der Waals surface area contributed by atoms with Gasteiger partial charge in [0.15, 0.2) is 0 Å². The standard InChI is InChI=1S/C18H16O2/c1-14(19)13-18(20)17-11-9-16(10-12-17)8-7-15-5-3-2-4-6-15/h2-6,9-12,18,20H,13H2,1H3. The lowest BCUT2D eigenvalue weighted by molar-refractivity contribution is -0.118. The van der Waals surface area contributed by atoms with Crippen molar-refractivity contribution in [3.63, 3.8) is 0 Å². The first-order chi connectivity index (χ1) is 9.65. The summed E-state index contributed by atoms with van der Waals surface area (Å²) in [5.41, 5.74) is 2.59. The highest BCUT2D eigenvalue weighted by Crippen LogP contribution is 2.17. The van der Waals surface area contributed by atoms with Crippen molar-refractivity contribution in [1.82, 2.24) is 0 Å². The van der Waals surface area contributed by atoms with E-state index in [0.717, 1.165) is 16.7 Å². The third kappa shape index (κ3) is 4.08. The van der Waals surface area contributed by atoms with Crippen LogP contribution in [0, 0.1) is 11.8 Å². The van der Waals surface area contributed by atoms with E-state index in [1.54, 1.807) is 0 Å². The number of rotatable bonds is 3. The van der Waals surface area contributed by atoms with Crippen molar-refractivity contribution in [2.45, 2.75) is 19.4 Å². The molecule has 0 radical (unpaired) electrons. The van der Waals surface area contributed by atoms with Gasteiger partial charge in [0.2, 0.25) is 0 Å². The van der Waals surface area contributed by atoms with E-state index in [-0.39, 0.29) is 12.2 Å². The molecule has 0 spiro atoms. The zero-order valence-electron chi connectivity index (χ0n) is 11.3. The molecule has 2 aromatic carbocycles. The molecule has 20 heavy (non-hydrogen) atoms. The number of hydrogen-bond acceptors (Lipinski definition) is 2. The van der Waals surface area contributed by atoms with Crippen molar-refractivity contribution >= 4 is 5.78 Å². The highest BCUT2D eigenvalue weighted by molar-refractivity contribution is 5.76. The number of carbonyl (C=O) groups excluding carboxylic acids is 1. The second-order valence-corrected chi connectivity index (χ2v) is 4.66. The van der Waals surface area contributed by atoms with Gasteiger partial charge in [-0.25, -0.2) is 0 Å². The normalized spacial score (nSPS) is 11.3. The van der Waals surface area contributed by atoms with Gasteiger partial charge in [-0.2, -0.15) is 0 Å². The summed E-state index contributed by atoms with van der Waals surface area (Å²) in [6.07, 6.45) is -0.585. The monoisotopic (exact) mass is 264 g/mol. The van der Waals surface area contributed by atoms with Gasteiger partial charge < -0.3 is 5.11 Å². The maximum absolute atomic E-state index is 11.0. The van der Waals surface area contributed by atoms with E-state index in [1.165, 1.54) is 6.92 Å². The lowest BCUT2D eigenvalue weighted by atomic mass is 10.0. The van der Waals surface area contributed by atoms with Crippen molar-refractivity contribution < 1.29 is 9.90 Å². The van der Waals surface area contributed by atoms with Crippen LogP contribution < -0.4 is 0 Å². The maximum atomic E-state index is 11.0. The Labute approximate surface area is 119 Å². The minimum Gasteiger partial charge on any atom is -0.388 e. The topological polar surface area (TPSA) is 37.3 Å². The third-order valence-corrected chi connectivity index (χ3v) is 2.90. The van der Waals surface area contributed by atoms with Crippen molar-refractivity contribution in [3.8, 4) is 11.8 Å². The number of aliphatic hydroxyl groups excluding tert-OH is 1. The molecule has 0 amide bonds. The summed E-state index contributed by atoms with van der Waals surface area (Å²) in [4.78, 5) is 11.0. The fraction of sp³-hybridized carbons (Fsp3) is 0.167. The Hall–Kier alpha value is -2.37. The Bertz CT molecular complexity index is 631. The molecule has 0 aliphatic carbocycles. The van der Waals surface area contributed by atoms with E-state index < -0.39 is 6.10 Å². The molecule has 2 heteroatoms. The van der Waals surface area contributed by atoms with Crippen LogP contribution in [0.15, 0.2) is 54.6 Å². The van der Waals surface area contributed by atoms with Gasteiger partial charge in [0.25, 0.3) is 0 Å². The van der Waals surface area contributed by atoms with Crippen LogP contribution in [0.3, 0.4) is 0 Å². The molecular formula is C18H16O2. The molecule has 1 atom stereocenters. The molecule has 0 heterocycles. The predicted octanol–water partition coefficient (Wildman–Crippen LogP) is 3.10. The van der Waals surface area contributed by atoms with Gasteiger partial charge in [0.05, 0.1) is 6.10 Å². The molecule has 100 valence electrons. The molecule has 0 aliphatic rings. The molecular weight excluding hydrogens is 248 g/mol. The van der Waals surface area contributed by atoms with E-state index in [2.05, 4.69) is 11.8 Å². The van der Waals surface area contributed by atoms with Crippen molar-refractivity contribution in [2.24, 2.45) is 0 Å². The van der Waals surface area contributed by atoms with Crippen molar-refractivity contribution in [3.05, 3.63) is 71.3 Å². The van der Waals surface area contributed by atoms with Crippen molar-refractivity contribution in [1.29, 1.82) is 0 Å². The summed E-state index contributed by atoms with van der Waals surface area (Å²) in [5, 5.41) is 9.83. The van der Waals surface area contributed by atoms with Crippen LogP contribution in [0.5, 0.6) is 0 Å². The first-order valence-corrected chi connectivity index (χ1v) is 6.49. The molecule has 0 bridgehead atoms. The second kappa shape index (κ2) is 6.70. The average molecular weight is 264 g/mol. The van der Waals surface area contributed by atoms with E-state index in [4.69, 9.17) is 0 Å². The molecule has 0 aliphatic heterocycles. The molecule has 1 unspecified atom stereocenters. The van der Waals surface area contributed by atoms with Gasteiger partial charge in [-0.15, -0.1) is 0 Å². The lowest BCUT2D eigenvalue weighted by Gasteiger charge is -2.08.